The highest BCUT2D eigenvalue weighted by molar-refractivity contribution is 9.10. The number of halogens is 1. The molecule has 0 unspecified atom stereocenters. The number of benzene rings is 2. The Bertz CT molecular complexity index is 671. The highest BCUT2D eigenvalue weighted by Gasteiger charge is 2.15. The summed E-state index contributed by atoms with van der Waals surface area (Å²) in [7, 11) is 1.52. The van der Waals surface area contributed by atoms with Crippen LogP contribution in [0, 0.1) is 0 Å². The number of methoxy groups -OCH3 is 1. The number of anilines is 1. The van der Waals surface area contributed by atoms with Crippen LogP contribution in [0.4, 0.5) is 5.69 Å². The van der Waals surface area contributed by atoms with Crippen LogP contribution in [0.5, 0.6) is 11.5 Å². The van der Waals surface area contributed by atoms with E-state index in [-0.39, 0.29) is 5.78 Å². The maximum atomic E-state index is 12.5. The average molecular weight is 350 g/mol. The maximum absolute atomic E-state index is 12.5. The number of carbonyl (C=O) groups excluding carboxylic acids is 1. The fraction of sp³-hybridized carbons (Fsp3) is 0.188. The summed E-state index contributed by atoms with van der Waals surface area (Å²) in [5.74, 6) is 1.10. The molecule has 2 N–H and O–H groups in total. The van der Waals surface area contributed by atoms with Gasteiger partial charge < -0.3 is 15.2 Å². The Hall–Kier alpha value is -2.01. The van der Waals surface area contributed by atoms with E-state index in [0.717, 1.165) is 5.75 Å². The van der Waals surface area contributed by atoms with E-state index in [1.165, 1.54) is 7.11 Å². The molecule has 5 heteroatoms. The topological polar surface area (TPSA) is 61.5 Å². The van der Waals surface area contributed by atoms with Crippen molar-refractivity contribution in [3.63, 3.8) is 0 Å². The summed E-state index contributed by atoms with van der Waals surface area (Å²) in [6, 6.07) is 10.3. The molecular weight excluding hydrogens is 334 g/mol. The van der Waals surface area contributed by atoms with Crippen molar-refractivity contribution in [1.82, 2.24) is 0 Å². The minimum absolute atomic E-state index is 0.108. The maximum Gasteiger partial charge on any atom is 0.194 e. The normalized spacial score (nSPS) is 10.2. The standard InChI is InChI=1S/C16H16BrNO3/c1-3-21-11-5-6-12(13(17)9-11)16(19)10-4-7-14(18)15(8-10)20-2/h4-9H,3,18H2,1-2H3. The molecule has 0 radical (unpaired) electrons. The highest BCUT2D eigenvalue weighted by Crippen LogP contribution is 2.28. The molecule has 0 spiro atoms. The van der Waals surface area contributed by atoms with Crippen molar-refractivity contribution in [2.45, 2.75) is 6.92 Å². The minimum Gasteiger partial charge on any atom is -0.495 e. The molecule has 0 saturated carbocycles. The third-order valence-electron chi connectivity index (χ3n) is 2.99. The van der Waals surface area contributed by atoms with Crippen molar-refractivity contribution >= 4 is 27.4 Å². The number of ether oxygens (including phenoxy) is 2. The van der Waals surface area contributed by atoms with Gasteiger partial charge in [0.15, 0.2) is 5.78 Å². The number of carbonyl (C=O) groups is 1. The Labute approximate surface area is 132 Å². The number of hydrogen-bond acceptors (Lipinski definition) is 4. The smallest absolute Gasteiger partial charge is 0.194 e. The number of rotatable bonds is 5. The van der Waals surface area contributed by atoms with Gasteiger partial charge in [-0.3, -0.25) is 4.79 Å². The second-order valence-corrected chi connectivity index (χ2v) is 5.21. The zero-order valence-electron chi connectivity index (χ0n) is 11.9. The van der Waals surface area contributed by atoms with Crippen LogP contribution >= 0.6 is 15.9 Å². The third kappa shape index (κ3) is 3.36. The zero-order chi connectivity index (χ0) is 15.4. The highest BCUT2D eigenvalue weighted by atomic mass is 79.9. The molecule has 0 aliphatic heterocycles. The monoisotopic (exact) mass is 349 g/mol. The first kappa shape index (κ1) is 15.4. The zero-order valence-corrected chi connectivity index (χ0v) is 13.4. The van der Waals surface area contributed by atoms with E-state index in [1.54, 1.807) is 36.4 Å². The Morgan fingerprint density at radius 1 is 1.24 bits per heavy atom. The van der Waals surface area contributed by atoms with Gasteiger partial charge in [-0.25, -0.2) is 0 Å². The molecule has 2 rings (SSSR count). The molecule has 4 nitrogen and oxygen atoms in total. The van der Waals surface area contributed by atoms with E-state index in [9.17, 15) is 4.79 Å². The third-order valence-corrected chi connectivity index (χ3v) is 3.65. The van der Waals surface area contributed by atoms with E-state index < -0.39 is 0 Å². The Balaban J connectivity index is 2.36. The van der Waals surface area contributed by atoms with E-state index in [0.29, 0.717) is 33.6 Å². The number of nitrogens with two attached hydrogens (primary N) is 1. The van der Waals surface area contributed by atoms with Gasteiger partial charge in [-0.1, -0.05) is 0 Å². The second-order valence-electron chi connectivity index (χ2n) is 4.36. The summed E-state index contributed by atoms with van der Waals surface area (Å²) in [4.78, 5) is 12.5. The number of nitrogen functional groups attached to an aromatic ring is 1. The summed E-state index contributed by atoms with van der Waals surface area (Å²) in [5, 5.41) is 0. The molecule has 110 valence electrons. The van der Waals surface area contributed by atoms with E-state index in [2.05, 4.69) is 15.9 Å². The van der Waals surface area contributed by atoms with Gasteiger partial charge >= 0.3 is 0 Å². The average Bonchev–Trinajstić information content (AvgIpc) is 2.47. The lowest BCUT2D eigenvalue weighted by Crippen LogP contribution is -2.04. The van der Waals surface area contributed by atoms with Crippen molar-refractivity contribution in [3.8, 4) is 11.5 Å². The Morgan fingerprint density at radius 3 is 2.62 bits per heavy atom. The summed E-state index contributed by atoms with van der Waals surface area (Å²) in [6.45, 7) is 2.49. The molecule has 2 aromatic carbocycles. The van der Waals surface area contributed by atoms with E-state index in [4.69, 9.17) is 15.2 Å². The van der Waals surface area contributed by atoms with Crippen LogP contribution in [0.2, 0.25) is 0 Å². The van der Waals surface area contributed by atoms with Crippen LogP contribution in [0.3, 0.4) is 0 Å². The first-order chi connectivity index (χ1) is 10.1. The molecule has 0 aliphatic carbocycles. The lowest BCUT2D eigenvalue weighted by atomic mass is 10.0. The molecule has 0 saturated heterocycles. The first-order valence-electron chi connectivity index (χ1n) is 6.47. The summed E-state index contributed by atoms with van der Waals surface area (Å²) in [6.07, 6.45) is 0. The fourth-order valence-corrected chi connectivity index (χ4v) is 2.48. The van der Waals surface area contributed by atoms with Gasteiger partial charge in [-0.15, -0.1) is 0 Å². The summed E-state index contributed by atoms with van der Waals surface area (Å²) in [5.41, 5.74) is 7.34. The summed E-state index contributed by atoms with van der Waals surface area (Å²) < 4.78 is 11.2. The molecule has 0 bridgehead atoms. The van der Waals surface area contributed by atoms with Crippen molar-refractivity contribution in [2.75, 3.05) is 19.5 Å². The van der Waals surface area contributed by atoms with Crippen molar-refractivity contribution in [3.05, 3.63) is 52.0 Å². The predicted octanol–water partition coefficient (Wildman–Crippen LogP) is 3.67. The van der Waals surface area contributed by atoms with Gasteiger partial charge in [0.25, 0.3) is 0 Å². The van der Waals surface area contributed by atoms with Crippen LogP contribution in [0.15, 0.2) is 40.9 Å². The van der Waals surface area contributed by atoms with Gasteiger partial charge in [-0.2, -0.15) is 0 Å². The molecular formula is C16H16BrNO3. The number of ketones is 1. The van der Waals surface area contributed by atoms with Crippen LogP contribution in [-0.4, -0.2) is 19.5 Å². The fourth-order valence-electron chi connectivity index (χ4n) is 1.94. The Kier molecular flexibility index (Phi) is 4.85. The molecule has 0 fully saturated rings. The van der Waals surface area contributed by atoms with Crippen molar-refractivity contribution in [1.29, 1.82) is 0 Å². The van der Waals surface area contributed by atoms with Gasteiger partial charge in [0, 0.05) is 15.6 Å². The van der Waals surface area contributed by atoms with Gasteiger partial charge in [0.1, 0.15) is 11.5 Å². The van der Waals surface area contributed by atoms with Crippen molar-refractivity contribution in [2.24, 2.45) is 0 Å². The first-order valence-corrected chi connectivity index (χ1v) is 7.26. The molecule has 0 heterocycles. The molecule has 0 aromatic heterocycles. The van der Waals surface area contributed by atoms with Gasteiger partial charge in [-0.05, 0) is 59.3 Å². The van der Waals surface area contributed by atoms with E-state index >= 15 is 0 Å². The van der Waals surface area contributed by atoms with Crippen molar-refractivity contribution < 1.29 is 14.3 Å². The molecule has 2 aromatic rings. The molecule has 0 amide bonds. The van der Waals surface area contributed by atoms with Crippen LogP contribution in [0.25, 0.3) is 0 Å². The quantitative estimate of drug-likeness (QED) is 0.660. The predicted molar refractivity (Wildman–Crippen MR) is 86.1 cm³/mol. The second kappa shape index (κ2) is 6.63. The van der Waals surface area contributed by atoms with Gasteiger partial charge in [0.2, 0.25) is 0 Å². The largest absolute Gasteiger partial charge is 0.495 e. The molecule has 0 aliphatic rings. The van der Waals surface area contributed by atoms with Gasteiger partial charge in [0.05, 0.1) is 19.4 Å². The molecule has 21 heavy (non-hydrogen) atoms. The molecule has 0 atom stereocenters. The van der Waals surface area contributed by atoms with Crippen LogP contribution < -0.4 is 15.2 Å². The minimum atomic E-state index is -0.108. The van der Waals surface area contributed by atoms with E-state index in [1.807, 2.05) is 6.92 Å². The lowest BCUT2D eigenvalue weighted by Gasteiger charge is -2.09. The van der Waals surface area contributed by atoms with Crippen LogP contribution in [-0.2, 0) is 0 Å². The lowest BCUT2D eigenvalue weighted by molar-refractivity contribution is 0.103. The number of hydrogen-bond donors (Lipinski definition) is 1. The SMILES string of the molecule is CCOc1ccc(C(=O)c2ccc(N)c(OC)c2)c(Br)c1. The Morgan fingerprint density at radius 2 is 2.00 bits per heavy atom. The summed E-state index contributed by atoms with van der Waals surface area (Å²) >= 11 is 3.41. The van der Waals surface area contributed by atoms with Crippen LogP contribution in [0.1, 0.15) is 22.8 Å².